The molecule has 1 aromatic carbocycles. The largest absolute Gasteiger partial charge is 0.492 e. The number of aromatic nitrogens is 2. The summed E-state index contributed by atoms with van der Waals surface area (Å²) >= 11 is 0. The molecule has 2 rings (SSSR count). The quantitative estimate of drug-likeness (QED) is 0.721. The van der Waals surface area contributed by atoms with Crippen LogP contribution >= 0.6 is 0 Å². The van der Waals surface area contributed by atoms with E-state index in [0.29, 0.717) is 12.5 Å². The monoisotopic (exact) mass is 216 g/mol. The molecule has 0 saturated heterocycles. The number of anilines is 2. The molecule has 0 fully saturated rings. The van der Waals surface area contributed by atoms with E-state index in [1.54, 1.807) is 0 Å². The maximum absolute atomic E-state index is 9.28. The molecule has 0 bridgehead atoms. The van der Waals surface area contributed by atoms with E-state index in [1.807, 2.05) is 30.3 Å². The molecule has 0 amide bonds. The minimum absolute atomic E-state index is 0.172. The molecule has 0 radical (unpaired) electrons. The lowest BCUT2D eigenvalue weighted by Crippen LogP contribution is -2.04. The summed E-state index contributed by atoms with van der Waals surface area (Å²) in [6, 6.07) is 9.85. The lowest BCUT2D eigenvalue weighted by Gasteiger charge is -2.05. The summed E-state index contributed by atoms with van der Waals surface area (Å²) in [5.74, 6) is 0.154. The van der Waals surface area contributed by atoms with Crippen LogP contribution in [0, 0.1) is 0 Å². The molecule has 2 aromatic rings. The van der Waals surface area contributed by atoms with Crippen LogP contribution < -0.4 is 11.1 Å². The Morgan fingerprint density at radius 1 is 1.25 bits per heavy atom. The van der Waals surface area contributed by atoms with Crippen LogP contribution in [0.5, 0.6) is 5.88 Å². The molecule has 5 heteroatoms. The maximum atomic E-state index is 9.28. The number of nitrogen functional groups attached to an aromatic ring is 1. The molecule has 0 atom stereocenters. The molecule has 82 valence electrons. The zero-order valence-corrected chi connectivity index (χ0v) is 8.59. The predicted molar refractivity (Wildman–Crippen MR) is 61.9 cm³/mol. The van der Waals surface area contributed by atoms with E-state index in [0.717, 1.165) is 5.56 Å². The van der Waals surface area contributed by atoms with Crippen molar-refractivity contribution in [2.75, 3.05) is 11.1 Å². The second kappa shape index (κ2) is 4.48. The van der Waals surface area contributed by atoms with Crippen LogP contribution in [0.15, 0.2) is 36.5 Å². The lowest BCUT2D eigenvalue weighted by molar-refractivity contribution is 0.456. The van der Waals surface area contributed by atoms with Crippen molar-refractivity contribution in [3.05, 3.63) is 42.1 Å². The summed E-state index contributed by atoms with van der Waals surface area (Å²) in [6.45, 7) is 0.601. The molecule has 16 heavy (non-hydrogen) atoms. The molecule has 0 spiro atoms. The van der Waals surface area contributed by atoms with Gasteiger partial charge in [0.05, 0.1) is 6.20 Å². The summed E-state index contributed by atoms with van der Waals surface area (Å²) in [4.78, 5) is 7.74. The highest BCUT2D eigenvalue weighted by Gasteiger charge is 2.01. The topological polar surface area (TPSA) is 84.1 Å². The zero-order chi connectivity index (χ0) is 11.4. The summed E-state index contributed by atoms with van der Waals surface area (Å²) in [5.41, 5.74) is 6.68. The minimum Gasteiger partial charge on any atom is -0.492 e. The van der Waals surface area contributed by atoms with Crippen molar-refractivity contribution in [3.63, 3.8) is 0 Å². The fourth-order valence-corrected chi connectivity index (χ4v) is 1.24. The first kappa shape index (κ1) is 10.2. The van der Waals surface area contributed by atoms with Gasteiger partial charge in [-0.2, -0.15) is 4.98 Å². The fourth-order valence-electron chi connectivity index (χ4n) is 1.24. The van der Waals surface area contributed by atoms with Crippen molar-refractivity contribution in [1.29, 1.82) is 0 Å². The molecule has 1 aromatic heterocycles. The molecule has 5 nitrogen and oxygen atoms in total. The van der Waals surface area contributed by atoms with Crippen molar-refractivity contribution in [1.82, 2.24) is 9.97 Å². The van der Waals surface area contributed by atoms with Gasteiger partial charge in [-0.15, -0.1) is 0 Å². The molecule has 1 heterocycles. The van der Waals surface area contributed by atoms with Gasteiger partial charge in [0.15, 0.2) is 0 Å². The van der Waals surface area contributed by atoms with E-state index in [9.17, 15) is 5.11 Å². The van der Waals surface area contributed by atoms with E-state index in [1.165, 1.54) is 6.20 Å². The van der Waals surface area contributed by atoms with Crippen LogP contribution in [0.3, 0.4) is 0 Å². The van der Waals surface area contributed by atoms with Gasteiger partial charge < -0.3 is 16.2 Å². The Balaban J connectivity index is 2.03. The van der Waals surface area contributed by atoms with Gasteiger partial charge in [0.1, 0.15) is 5.69 Å². The molecular weight excluding hydrogens is 204 g/mol. The third-order valence-corrected chi connectivity index (χ3v) is 2.09. The lowest BCUT2D eigenvalue weighted by atomic mass is 10.2. The van der Waals surface area contributed by atoms with Gasteiger partial charge in [-0.05, 0) is 5.56 Å². The summed E-state index contributed by atoms with van der Waals surface area (Å²) in [5, 5.41) is 12.3. The number of hydrogen-bond donors (Lipinski definition) is 3. The molecule has 0 unspecified atom stereocenters. The van der Waals surface area contributed by atoms with Gasteiger partial charge in [-0.1, -0.05) is 30.3 Å². The summed E-state index contributed by atoms with van der Waals surface area (Å²) in [6.07, 6.45) is 1.37. The average molecular weight is 216 g/mol. The van der Waals surface area contributed by atoms with Gasteiger partial charge in [-0.25, -0.2) is 4.98 Å². The van der Waals surface area contributed by atoms with E-state index >= 15 is 0 Å². The molecule has 0 saturated carbocycles. The van der Waals surface area contributed by atoms with Crippen molar-refractivity contribution < 1.29 is 5.11 Å². The molecule has 0 aliphatic heterocycles. The van der Waals surface area contributed by atoms with E-state index in [-0.39, 0.29) is 11.6 Å². The zero-order valence-electron chi connectivity index (χ0n) is 8.59. The normalized spacial score (nSPS) is 10.0. The number of rotatable bonds is 3. The Labute approximate surface area is 93.0 Å². The Bertz CT molecular complexity index is 473. The van der Waals surface area contributed by atoms with Crippen LogP contribution in [0.25, 0.3) is 0 Å². The first-order valence-electron chi connectivity index (χ1n) is 4.85. The summed E-state index contributed by atoms with van der Waals surface area (Å²) < 4.78 is 0. The van der Waals surface area contributed by atoms with Gasteiger partial charge in [0, 0.05) is 6.54 Å². The number of nitrogens with zero attached hydrogens (tertiary/aromatic N) is 2. The van der Waals surface area contributed by atoms with Crippen LogP contribution in [-0.4, -0.2) is 15.1 Å². The Kier molecular flexibility index (Phi) is 2.86. The Morgan fingerprint density at radius 2 is 2.00 bits per heavy atom. The third-order valence-electron chi connectivity index (χ3n) is 2.09. The smallest absolute Gasteiger partial charge is 0.239 e. The van der Waals surface area contributed by atoms with Crippen molar-refractivity contribution in [2.24, 2.45) is 0 Å². The maximum Gasteiger partial charge on any atom is 0.239 e. The average Bonchev–Trinajstić information content (AvgIpc) is 2.32. The van der Waals surface area contributed by atoms with Crippen molar-refractivity contribution >= 4 is 11.6 Å². The SMILES string of the molecule is Nc1cnc(NCc2ccccc2)nc1O. The van der Waals surface area contributed by atoms with Gasteiger partial charge in [0.25, 0.3) is 0 Å². The first-order valence-corrected chi connectivity index (χ1v) is 4.85. The molecular formula is C11H12N4O. The van der Waals surface area contributed by atoms with Gasteiger partial charge in [0.2, 0.25) is 11.8 Å². The molecule has 0 aliphatic rings. The highest BCUT2D eigenvalue weighted by atomic mass is 16.3. The molecule has 0 aliphatic carbocycles. The number of nitrogens with two attached hydrogens (primary N) is 1. The van der Waals surface area contributed by atoms with Crippen LogP contribution in [-0.2, 0) is 6.54 Å². The first-order chi connectivity index (χ1) is 7.75. The standard InChI is InChI=1S/C11H12N4O/c12-9-7-14-11(15-10(9)16)13-6-8-4-2-1-3-5-8/h1-5,7H,6,12H2,(H2,13,14,15,16). The highest BCUT2D eigenvalue weighted by Crippen LogP contribution is 2.16. The Morgan fingerprint density at radius 3 is 2.69 bits per heavy atom. The van der Waals surface area contributed by atoms with Crippen molar-refractivity contribution in [3.8, 4) is 5.88 Å². The third kappa shape index (κ3) is 2.38. The van der Waals surface area contributed by atoms with Gasteiger partial charge >= 0.3 is 0 Å². The van der Waals surface area contributed by atoms with Gasteiger partial charge in [-0.3, -0.25) is 0 Å². The van der Waals surface area contributed by atoms with E-state index < -0.39 is 0 Å². The summed E-state index contributed by atoms with van der Waals surface area (Å²) in [7, 11) is 0. The van der Waals surface area contributed by atoms with Crippen LogP contribution in [0.4, 0.5) is 11.6 Å². The van der Waals surface area contributed by atoms with E-state index in [2.05, 4.69) is 15.3 Å². The fraction of sp³-hybridized carbons (Fsp3) is 0.0909. The van der Waals surface area contributed by atoms with E-state index in [4.69, 9.17) is 5.73 Å². The highest BCUT2D eigenvalue weighted by molar-refractivity contribution is 5.47. The number of nitrogens with one attached hydrogen (secondary N) is 1. The second-order valence-corrected chi connectivity index (χ2v) is 3.31. The van der Waals surface area contributed by atoms with Crippen LogP contribution in [0.2, 0.25) is 0 Å². The number of benzene rings is 1. The van der Waals surface area contributed by atoms with Crippen LogP contribution in [0.1, 0.15) is 5.56 Å². The second-order valence-electron chi connectivity index (χ2n) is 3.31. The minimum atomic E-state index is -0.203. The Hall–Kier alpha value is -2.30. The predicted octanol–water partition coefficient (Wildman–Crippen LogP) is 1.38. The molecule has 4 N–H and O–H groups in total. The van der Waals surface area contributed by atoms with Crippen molar-refractivity contribution in [2.45, 2.75) is 6.54 Å². The number of hydrogen-bond acceptors (Lipinski definition) is 5. The number of aromatic hydroxyl groups is 1.